The fourth-order valence-electron chi connectivity index (χ4n) is 4.49. The van der Waals surface area contributed by atoms with Gasteiger partial charge < -0.3 is 9.80 Å². The number of benzene rings is 2. The first kappa shape index (κ1) is 19.0. The molecule has 2 heterocycles. The average molecular weight is 453 g/mol. The minimum atomic E-state index is -4.62. The van der Waals surface area contributed by atoms with Gasteiger partial charge in [-0.2, -0.15) is 13.2 Å². The molecule has 0 saturated carbocycles. The fourth-order valence-corrected chi connectivity index (χ4v) is 5.12. The highest BCUT2D eigenvalue weighted by Gasteiger charge is 2.66. The maximum absolute atomic E-state index is 13.5. The lowest BCUT2D eigenvalue weighted by Crippen LogP contribution is -2.55. The van der Waals surface area contributed by atoms with Crippen LogP contribution >= 0.6 is 15.9 Å². The zero-order valence-corrected chi connectivity index (χ0v) is 16.4. The smallest absolute Gasteiger partial charge is 0.314 e. The Balaban J connectivity index is 2.01. The number of hydrogen-bond donors (Lipinski definition) is 0. The standard InChI is InChI=1S/C20H16BrF3N2O2/c1-25-17-13(8-5-9-15(17)21)20(18(25)28)14(12-6-3-2-4-7-12)10-16(27)26(20)11-19(22,23)24/h2-9,14H,10-11H2,1H3/t14-,20-/m1/s1. The first-order chi connectivity index (χ1) is 13.2. The molecule has 1 spiro atoms. The van der Waals surface area contributed by atoms with Gasteiger partial charge in [0.15, 0.2) is 5.54 Å². The largest absolute Gasteiger partial charge is 0.406 e. The zero-order chi connectivity index (χ0) is 20.3. The molecule has 4 rings (SSSR count). The molecule has 1 saturated heterocycles. The summed E-state index contributed by atoms with van der Waals surface area (Å²) in [6.45, 7) is -1.47. The van der Waals surface area contributed by atoms with E-state index in [-0.39, 0.29) is 6.42 Å². The van der Waals surface area contributed by atoms with Crippen molar-refractivity contribution in [1.29, 1.82) is 0 Å². The van der Waals surface area contributed by atoms with Gasteiger partial charge in [0.1, 0.15) is 6.54 Å². The third-order valence-corrected chi connectivity index (χ3v) is 6.15. The van der Waals surface area contributed by atoms with Gasteiger partial charge >= 0.3 is 6.18 Å². The Hall–Kier alpha value is -2.35. The van der Waals surface area contributed by atoms with Gasteiger partial charge in [0.05, 0.1) is 5.69 Å². The number of anilines is 1. The normalized spacial score (nSPS) is 24.4. The van der Waals surface area contributed by atoms with E-state index in [1.807, 2.05) is 0 Å². The highest BCUT2D eigenvalue weighted by Crippen LogP contribution is 2.58. The number of rotatable bonds is 2. The highest BCUT2D eigenvalue weighted by molar-refractivity contribution is 9.10. The molecule has 0 radical (unpaired) electrons. The van der Waals surface area contributed by atoms with Crippen LogP contribution in [0.5, 0.6) is 0 Å². The van der Waals surface area contributed by atoms with Crippen molar-refractivity contribution >= 4 is 33.4 Å². The lowest BCUT2D eigenvalue weighted by atomic mass is 9.75. The SMILES string of the molecule is CN1C(=O)[C@@]2(c3cccc(Br)c31)[C@@H](c1ccccc1)CC(=O)N2CC(F)(F)F. The van der Waals surface area contributed by atoms with Crippen molar-refractivity contribution in [1.82, 2.24) is 4.90 Å². The summed E-state index contributed by atoms with van der Waals surface area (Å²) in [6, 6.07) is 13.8. The first-order valence-electron chi connectivity index (χ1n) is 8.67. The molecule has 1 fully saturated rings. The predicted molar refractivity (Wildman–Crippen MR) is 101 cm³/mol. The van der Waals surface area contributed by atoms with E-state index in [1.54, 1.807) is 48.5 Å². The third-order valence-electron chi connectivity index (χ3n) is 5.51. The quantitative estimate of drug-likeness (QED) is 0.684. The molecule has 2 aromatic carbocycles. The second-order valence-corrected chi connectivity index (χ2v) is 7.88. The summed E-state index contributed by atoms with van der Waals surface area (Å²) in [5.74, 6) is -1.92. The van der Waals surface area contributed by atoms with Crippen molar-refractivity contribution in [2.24, 2.45) is 0 Å². The number of nitrogens with zero attached hydrogens (tertiary/aromatic N) is 2. The van der Waals surface area contributed by atoms with Crippen LogP contribution in [0.25, 0.3) is 0 Å². The van der Waals surface area contributed by atoms with Gasteiger partial charge in [-0.1, -0.05) is 42.5 Å². The van der Waals surface area contributed by atoms with Gasteiger partial charge in [0.2, 0.25) is 5.91 Å². The second kappa shape index (κ2) is 6.34. The van der Waals surface area contributed by atoms with E-state index in [0.717, 1.165) is 4.90 Å². The van der Waals surface area contributed by atoms with Crippen LogP contribution in [0.4, 0.5) is 18.9 Å². The Morgan fingerprint density at radius 3 is 2.43 bits per heavy atom. The number of para-hydroxylation sites is 1. The summed E-state index contributed by atoms with van der Waals surface area (Å²) in [7, 11) is 1.53. The number of likely N-dealkylation sites (tertiary alicyclic amines) is 1. The summed E-state index contributed by atoms with van der Waals surface area (Å²) < 4.78 is 40.8. The Morgan fingerprint density at radius 2 is 1.79 bits per heavy atom. The average Bonchev–Trinajstić information content (AvgIpc) is 3.04. The van der Waals surface area contributed by atoms with Gasteiger partial charge in [-0.3, -0.25) is 9.59 Å². The van der Waals surface area contributed by atoms with E-state index >= 15 is 0 Å². The molecule has 28 heavy (non-hydrogen) atoms. The lowest BCUT2D eigenvalue weighted by Gasteiger charge is -2.38. The minimum Gasteiger partial charge on any atom is -0.314 e. The molecule has 2 amide bonds. The molecule has 8 heteroatoms. The van der Waals surface area contributed by atoms with Gasteiger partial charge in [0.25, 0.3) is 5.91 Å². The summed E-state index contributed by atoms with van der Waals surface area (Å²) in [5, 5.41) is 0. The van der Waals surface area contributed by atoms with Crippen molar-refractivity contribution in [3.05, 3.63) is 64.1 Å². The Morgan fingerprint density at radius 1 is 1.11 bits per heavy atom. The van der Waals surface area contributed by atoms with Crippen molar-refractivity contribution in [2.75, 3.05) is 18.5 Å². The van der Waals surface area contributed by atoms with Gasteiger partial charge in [-0.15, -0.1) is 0 Å². The van der Waals surface area contributed by atoms with Gasteiger partial charge in [0, 0.05) is 29.4 Å². The highest BCUT2D eigenvalue weighted by atomic mass is 79.9. The molecular formula is C20H16BrF3N2O2. The van der Waals surface area contributed by atoms with Gasteiger partial charge in [-0.25, -0.2) is 0 Å². The number of fused-ring (bicyclic) bond motifs is 2. The molecule has 2 aromatic rings. The predicted octanol–water partition coefficient (Wildman–Crippen LogP) is 4.20. The van der Waals surface area contributed by atoms with Crippen molar-refractivity contribution in [3.63, 3.8) is 0 Å². The number of hydrogen-bond acceptors (Lipinski definition) is 2. The summed E-state index contributed by atoms with van der Waals surface area (Å²) in [6.07, 6.45) is -4.78. The zero-order valence-electron chi connectivity index (χ0n) is 14.8. The monoisotopic (exact) mass is 452 g/mol. The molecule has 4 nitrogen and oxygen atoms in total. The fraction of sp³-hybridized carbons (Fsp3) is 0.300. The van der Waals surface area contributed by atoms with E-state index < -0.39 is 36.0 Å². The Kier molecular flexibility index (Phi) is 4.30. The van der Waals surface area contributed by atoms with E-state index in [9.17, 15) is 22.8 Å². The number of alkyl halides is 3. The molecule has 146 valence electrons. The third kappa shape index (κ3) is 2.57. The minimum absolute atomic E-state index is 0.161. The molecule has 0 N–H and O–H groups in total. The van der Waals surface area contributed by atoms with Crippen LogP contribution in [0.1, 0.15) is 23.5 Å². The van der Waals surface area contributed by atoms with Crippen molar-refractivity contribution < 1.29 is 22.8 Å². The molecule has 0 bridgehead atoms. The van der Waals surface area contributed by atoms with Crippen molar-refractivity contribution in [3.8, 4) is 0 Å². The van der Waals surface area contributed by atoms with E-state index in [2.05, 4.69) is 15.9 Å². The summed E-state index contributed by atoms with van der Waals surface area (Å²) >= 11 is 3.40. The van der Waals surface area contributed by atoms with Crippen LogP contribution in [0.15, 0.2) is 53.0 Å². The molecule has 2 atom stereocenters. The maximum Gasteiger partial charge on any atom is 0.406 e. The molecule has 2 aliphatic heterocycles. The van der Waals surface area contributed by atoms with E-state index in [1.165, 1.54) is 11.9 Å². The lowest BCUT2D eigenvalue weighted by molar-refractivity contribution is -0.170. The number of carbonyl (C=O) groups excluding carboxylic acids is 2. The van der Waals surface area contributed by atoms with Crippen molar-refractivity contribution in [2.45, 2.75) is 24.1 Å². The topological polar surface area (TPSA) is 40.6 Å². The summed E-state index contributed by atoms with van der Waals surface area (Å²) in [4.78, 5) is 28.4. The second-order valence-electron chi connectivity index (χ2n) is 7.03. The van der Waals surface area contributed by atoms with Crippen LogP contribution < -0.4 is 4.90 Å². The van der Waals surface area contributed by atoms with Crippen LogP contribution in [-0.4, -0.2) is 36.5 Å². The van der Waals surface area contributed by atoms with Crippen LogP contribution in [0, 0.1) is 0 Å². The molecule has 0 aromatic heterocycles. The number of carbonyl (C=O) groups is 2. The Bertz CT molecular complexity index is 964. The molecule has 2 aliphatic rings. The van der Waals surface area contributed by atoms with Crippen LogP contribution in [-0.2, 0) is 15.1 Å². The molecular weight excluding hydrogens is 437 g/mol. The molecule has 0 aliphatic carbocycles. The maximum atomic E-state index is 13.5. The number of amides is 2. The number of halogens is 4. The van der Waals surface area contributed by atoms with Crippen LogP contribution in [0.3, 0.4) is 0 Å². The van der Waals surface area contributed by atoms with Gasteiger partial charge in [-0.05, 0) is 27.6 Å². The Labute approximate surface area is 168 Å². The summed E-state index contributed by atoms with van der Waals surface area (Å²) in [5.41, 5.74) is -0.148. The van der Waals surface area contributed by atoms with E-state index in [4.69, 9.17) is 0 Å². The molecule has 0 unspecified atom stereocenters. The number of likely N-dealkylation sites (N-methyl/N-ethyl adjacent to an activating group) is 1. The van der Waals surface area contributed by atoms with E-state index in [0.29, 0.717) is 21.3 Å². The first-order valence-corrected chi connectivity index (χ1v) is 9.46. The van der Waals surface area contributed by atoms with Crippen LogP contribution in [0.2, 0.25) is 0 Å².